The van der Waals surface area contributed by atoms with Crippen molar-refractivity contribution in [1.29, 1.82) is 0 Å². The SMILES string of the molecule is NC[C@@H]1CCN(c2nc(-c3ccc(Cl)c(C(F)(F)F)c3)ncc2C2=CCNC2)C1.O=C(O)C(F)(F)F. The molecule has 36 heavy (non-hydrogen) atoms. The molecule has 196 valence electrons. The number of anilines is 1. The number of aliphatic carboxylic acids is 1. The Morgan fingerprint density at radius 1 is 1.25 bits per heavy atom. The molecule has 7 nitrogen and oxygen atoms in total. The van der Waals surface area contributed by atoms with Gasteiger partial charge in [-0.05, 0) is 42.7 Å². The zero-order valence-corrected chi connectivity index (χ0v) is 19.4. The lowest BCUT2D eigenvalue weighted by Gasteiger charge is -2.22. The first-order chi connectivity index (χ1) is 16.8. The van der Waals surface area contributed by atoms with Gasteiger partial charge in [-0.25, -0.2) is 14.8 Å². The fourth-order valence-corrected chi connectivity index (χ4v) is 3.98. The number of carbonyl (C=O) groups is 1. The predicted molar refractivity (Wildman–Crippen MR) is 121 cm³/mol. The molecule has 0 unspecified atom stereocenters. The maximum Gasteiger partial charge on any atom is 0.490 e. The quantitative estimate of drug-likeness (QED) is 0.502. The highest BCUT2D eigenvalue weighted by Crippen LogP contribution is 2.37. The van der Waals surface area contributed by atoms with Gasteiger partial charge >= 0.3 is 18.3 Å². The molecule has 0 saturated carbocycles. The third-order valence-electron chi connectivity index (χ3n) is 5.61. The van der Waals surface area contributed by atoms with Crippen LogP contribution in [0.15, 0.2) is 30.5 Å². The van der Waals surface area contributed by atoms with Gasteiger partial charge in [0, 0.05) is 43.5 Å². The van der Waals surface area contributed by atoms with Gasteiger partial charge < -0.3 is 21.1 Å². The topological polar surface area (TPSA) is 104 Å². The second kappa shape index (κ2) is 11.0. The molecular formula is C22H22ClF6N5O2. The molecule has 4 N–H and O–H groups in total. The van der Waals surface area contributed by atoms with E-state index in [1.807, 2.05) is 0 Å². The third-order valence-corrected chi connectivity index (χ3v) is 5.94. The average Bonchev–Trinajstić information content (AvgIpc) is 3.50. The molecule has 0 bridgehead atoms. The second-order valence-corrected chi connectivity index (χ2v) is 8.53. The monoisotopic (exact) mass is 537 g/mol. The first kappa shape index (κ1) is 27.7. The van der Waals surface area contributed by atoms with E-state index < -0.39 is 23.9 Å². The summed E-state index contributed by atoms with van der Waals surface area (Å²) >= 11 is 5.75. The summed E-state index contributed by atoms with van der Waals surface area (Å²) in [6, 6.07) is 3.75. The number of alkyl halides is 6. The number of benzene rings is 1. The van der Waals surface area contributed by atoms with Crippen molar-refractivity contribution in [2.24, 2.45) is 11.7 Å². The van der Waals surface area contributed by atoms with Gasteiger partial charge in [0.2, 0.25) is 0 Å². The van der Waals surface area contributed by atoms with E-state index in [4.69, 9.17) is 27.2 Å². The maximum absolute atomic E-state index is 13.3. The van der Waals surface area contributed by atoms with Crippen LogP contribution in [0.5, 0.6) is 0 Å². The lowest BCUT2D eigenvalue weighted by atomic mass is 10.1. The lowest BCUT2D eigenvalue weighted by Crippen LogP contribution is -2.25. The summed E-state index contributed by atoms with van der Waals surface area (Å²) in [5.74, 6) is -1.39. The van der Waals surface area contributed by atoms with Gasteiger partial charge in [-0.15, -0.1) is 0 Å². The van der Waals surface area contributed by atoms with Crippen molar-refractivity contribution in [3.05, 3.63) is 46.6 Å². The molecule has 1 atom stereocenters. The summed E-state index contributed by atoms with van der Waals surface area (Å²) in [5, 5.41) is 10.0. The Morgan fingerprint density at radius 2 is 1.94 bits per heavy atom. The standard InChI is InChI=1S/C20H21ClF3N5.C2HF3O2/c21-17-2-1-13(7-16(17)20(22,23)24)18-27-10-15(14-3-5-26-9-14)19(28-18)29-6-4-12(8-25)11-29;3-2(4,5)1(6)7/h1-3,7,10,12,26H,4-6,8-9,11,25H2;(H,6,7)/t12-;/m0./s1. The van der Waals surface area contributed by atoms with Gasteiger partial charge in [0.15, 0.2) is 5.82 Å². The lowest BCUT2D eigenvalue weighted by molar-refractivity contribution is -0.192. The van der Waals surface area contributed by atoms with Gasteiger partial charge in [0.1, 0.15) is 5.82 Å². The number of carboxylic acid groups (broad SMARTS) is 1. The van der Waals surface area contributed by atoms with Crippen LogP contribution in [0, 0.1) is 5.92 Å². The van der Waals surface area contributed by atoms with Crippen LogP contribution in [0.2, 0.25) is 5.02 Å². The van der Waals surface area contributed by atoms with Crippen LogP contribution in [-0.2, 0) is 11.0 Å². The van der Waals surface area contributed by atoms with Crippen molar-refractivity contribution in [1.82, 2.24) is 15.3 Å². The van der Waals surface area contributed by atoms with Gasteiger partial charge in [0.05, 0.1) is 10.6 Å². The Bertz CT molecular complexity index is 1140. The predicted octanol–water partition coefficient (Wildman–Crippen LogP) is 4.22. The molecule has 0 radical (unpaired) electrons. The number of nitrogens with one attached hydrogen (secondary N) is 1. The molecule has 14 heteroatoms. The first-order valence-corrected chi connectivity index (χ1v) is 11.1. The number of rotatable bonds is 4. The highest BCUT2D eigenvalue weighted by atomic mass is 35.5. The number of nitrogens with two attached hydrogens (primary N) is 1. The zero-order valence-electron chi connectivity index (χ0n) is 18.6. The number of hydrogen-bond acceptors (Lipinski definition) is 6. The van der Waals surface area contributed by atoms with Crippen LogP contribution in [0.1, 0.15) is 17.5 Å². The molecule has 1 fully saturated rings. The molecule has 0 spiro atoms. The van der Waals surface area contributed by atoms with Crippen molar-refractivity contribution in [3.8, 4) is 11.4 Å². The van der Waals surface area contributed by atoms with E-state index in [1.165, 1.54) is 12.1 Å². The molecular weight excluding hydrogens is 516 g/mol. The Kier molecular flexibility index (Phi) is 8.47. The van der Waals surface area contributed by atoms with Crippen LogP contribution in [-0.4, -0.2) is 59.9 Å². The molecule has 4 rings (SSSR count). The van der Waals surface area contributed by atoms with Crippen LogP contribution in [0.25, 0.3) is 17.0 Å². The molecule has 1 aromatic heterocycles. The average molecular weight is 538 g/mol. The van der Waals surface area contributed by atoms with Crippen LogP contribution >= 0.6 is 11.6 Å². The molecule has 2 aromatic rings. The number of nitrogens with zero attached hydrogens (tertiary/aromatic N) is 3. The summed E-state index contributed by atoms with van der Waals surface area (Å²) in [4.78, 5) is 20.1. The number of hydrogen-bond donors (Lipinski definition) is 3. The molecule has 1 aromatic carbocycles. The third kappa shape index (κ3) is 6.65. The zero-order chi connectivity index (χ0) is 26.7. The Morgan fingerprint density at radius 3 is 2.47 bits per heavy atom. The molecule has 2 aliphatic rings. The summed E-state index contributed by atoms with van der Waals surface area (Å²) in [7, 11) is 0. The molecule has 3 heterocycles. The molecule has 0 amide bonds. The number of aromatic nitrogens is 2. The van der Waals surface area contributed by atoms with E-state index in [-0.39, 0.29) is 16.4 Å². The minimum atomic E-state index is -5.08. The number of carboxylic acids is 1. The summed E-state index contributed by atoms with van der Waals surface area (Å²) in [5.41, 5.74) is 7.21. The van der Waals surface area contributed by atoms with Crippen molar-refractivity contribution < 1.29 is 36.2 Å². The van der Waals surface area contributed by atoms with E-state index in [0.717, 1.165) is 49.1 Å². The van der Waals surface area contributed by atoms with E-state index >= 15 is 0 Å². The Hall–Kier alpha value is -2.90. The fourth-order valence-electron chi connectivity index (χ4n) is 3.76. The van der Waals surface area contributed by atoms with Crippen LogP contribution in [0.3, 0.4) is 0 Å². The van der Waals surface area contributed by atoms with Crippen molar-refractivity contribution in [2.45, 2.75) is 18.8 Å². The van der Waals surface area contributed by atoms with Crippen molar-refractivity contribution in [2.75, 3.05) is 37.6 Å². The van der Waals surface area contributed by atoms with E-state index in [0.29, 0.717) is 19.0 Å². The highest BCUT2D eigenvalue weighted by Gasteiger charge is 2.38. The largest absolute Gasteiger partial charge is 0.490 e. The number of halogens is 7. The van der Waals surface area contributed by atoms with Gasteiger partial charge in [-0.3, -0.25) is 0 Å². The first-order valence-electron chi connectivity index (χ1n) is 10.7. The van der Waals surface area contributed by atoms with Crippen LogP contribution in [0.4, 0.5) is 32.2 Å². The highest BCUT2D eigenvalue weighted by molar-refractivity contribution is 6.31. The fraction of sp³-hybridized carbons (Fsp3) is 0.409. The van der Waals surface area contributed by atoms with E-state index in [1.54, 1.807) is 6.20 Å². The van der Waals surface area contributed by atoms with Crippen molar-refractivity contribution in [3.63, 3.8) is 0 Å². The second-order valence-electron chi connectivity index (χ2n) is 8.12. The molecule has 0 aliphatic carbocycles. The van der Waals surface area contributed by atoms with Crippen LogP contribution < -0.4 is 16.0 Å². The molecule has 2 aliphatic heterocycles. The summed E-state index contributed by atoms with van der Waals surface area (Å²) in [6.45, 7) is 3.66. The van der Waals surface area contributed by atoms with Gasteiger partial charge in [-0.1, -0.05) is 17.7 Å². The maximum atomic E-state index is 13.3. The summed E-state index contributed by atoms with van der Waals surface area (Å²) < 4.78 is 71.5. The Labute approximate surface area is 207 Å². The Balaban J connectivity index is 0.000000454. The van der Waals surface area contributed by atoms with Gasteiger partial charge in [0.25, 0.3) is 0 Å². The van der Waals surface area contributed by atoms with Crippen molar-refractivity contribution >= 4 is 29.0 Å². The van der Waals surface area contributed by atoms with E-state index in [9.17, 15) is 26.3 Å². The smallest absolute Gasteiger partial charge is 0.475 e. The van der Waals surface area contributed by atoms with Gasteiger partial charge in [-0.2, -0.15) is 26.3 Å². The normalized spacial score (nSPS) is 18.1. The molecule has 1 saturated heterocycles. The summed E-state index contributed by atoms with van der Waals surface area (Å²) in [6.07, 6.45) is -4.87. The minimum absolute atomic E-state index is 0.244. The van der Waals surface area contributed by atoms with E-state index in [2.05, 4.69) is 26.3 Å². The minimum Gasteiger partial charge on any atom is -0.475 e.